The lowest BCUT2D eigenvalue weighted by Gasteiger charge is -2.29. The van der Waals surface area contributed by atoms with Gasteiger partial charge in [0.15, 0.2) is 5.65 Å². The van der Waals surface area contributed by atoms with Crippen molar-refractivity contribution in [1.82, 2.24) is 19.5 Å². The van der Waals surface area contributed by atoms with E-state index in [1.54, 1.807) is 18.3 Å². The molecular formula is C23H26Cl3N7O2. The molecule has 2 fully saturated rings. The van der Waals surface area contributed by atoms with Crippen LogP contribution in [-0.2, 0) is 9.53 Å². The Bertz CT molecular complexity index is 1210. The first-order chi connectivity index (χ1) is 16.9. The molecule has 0 unspecified atom stereocenters. The Hall–Kier alpha value is -2.33. The van der Waals surface area contributed by atoms with E-state index in [2.05, 4.69) is 20.2 Å². The molecule has 2 aliphatic rings. The summed E-state index contributed by atoms with van der Waals surface area (Å²) >= 11 is 19.0. The Morgan fingerprint density at radius 1 is 1.09 bits per heavy atom. The number of hydrogen-bond donors (Lipinski definition) is 3. The molecule has 1 atom stereocenters. The Balaban J connectivity index is 1.52. The van der Waals surface area contributed by atoms with Crippen molar-refractivity contribution < 1.29 is 9.53 Å². The van der Waals surface area contributed by atoms with E-state index in [1.807, 2.05) is 0 Å². The lowest BCUT2D eigenvalue weighted by Crippen LogP contribution is -2.31. The molecule has 0 spiro atoms. The minimum absolute atomic E-state index is 0.0590. The van der Waals surface area contributed by atoms with Gasteiger partial charge in [-0.15, -0.1) is 0 Å². The number of rotatable bonds is 6. The number of hydrogen-bond acceptors (Lipinski definition) is 7. The second-order valence-corrected chi connectivity index (χ2v) is 10.3. The van der Waals surface area contributed by atoms with Crippen LogP contribution in [0.4, 0.5) is 17.6 Å². The summed E-state index contributed by atoms with van der Waals surface area (Å²) < 4.78 is 7.63. The van der Waals surface area contributed by atoms with Crippen molar-refractivity contribution in [2.75, 3.05) is 23.8 Å². The summed E-state index contributed by atoms with van der Waals surface area (Å²) in [7, 11) is 0. The molecule has 4 N–H and O–H groups in total. The molecule has 1 aromatic carbocycles. The molecule has 1 saturated carbocycles. The highest BCUT2D eigenvalue weighted by Gasteiger charge is 2.29. The number of anilines is 3. The van der Waals surface area contributed by atoms with Crippen LogP contribution in [0.2, 0.25) is 15.1 Å². The highest BCUT2D eigenvalue weighted by Crippen LogP contribution is 2.40. The van der Waals surface area contributed by atoms with Gasteiger partial charge in [0.25, 0.3) is 0 Å². The quantitative estimate of drug-likeness (QED) is 0.387. The summed E-state index contributed by atoms with van der Waals surface area (Å²) in [6, 6.07) is 3.46. The molecule has 9 nitrogen and oxygen atoms in total. The fourth-order valence-corrected chi connectivity index (χ4v) is 5.74. The monoisotopic (exact) mass is 537 g/mol. The van der Waals surface area contributed by atoms with Crippen LogP contribution in [0.3, 0.4) is 0 Å². The molecule has 35 heavy (non-hydrogen) atoms. The number of ether oxygens (including phenoxy) is 1. The third-order valence-corrected chi connectivity index (χ3v) is 7.45. The predicted molar refractivity (Wildman–Crippen MR) is 138 cm³/mol. The van der Waals surface area contributed by atoms with Gasteiger partial charge in [-0.1, -0.05) is 34.8 Å². The third kappa shape index (κ3) is 5.28. The highest BCUT2D eigenvalue weighted by molar-refractivity contribution is 6.41. The highest BCUT2D eigenvalue weighted by atomic mass is 35.5. The van der Waals surface area contributed by atoms with Crippen molar-refractivity contribution in [1.29, 1.82) is 0 Å². The SMILES string of the molecule is NC(=O)[C@H]1CC[C@H](n2c(Nc3c(Cl)cc(Cl)cc3Cl)nc3cnc(N[C@@H]4CCCOC4)nc32)CC1. The molecule has 1 saturated heterocycles. The third-order valence-electron chi connectivity index (χ3n) is 6.63. The van der Waals surface area contributed by atoms with Crippen LogP contribution in [0, 0.1) is 5.92 Å². The van der Waals surface area contributed by atoms with E-state index in [1.165, 1.54) is 0 Å². The van der Waals surface area contributed by atoms with Crippen molar-refractivity contribution in [2.45, 2.75) is 50.6 Å². The van der Waals surface area contributed by atoms with E-state index in [-0.39, 0.29) is 23.9 Å². The second-order valence-electron chi connectivity index (χ2n) is 9.04. The van der Waals surface area contributed by atoms with Crippen LogP contribution in [0.25, 0.3) is 11.2 Å². The number of nitrogens with zero attached hydrogens (tertiary/aromatic N) is 4. The number of carbonyl (C=O) groups is 1. The molecule has 2 aromatic heterocycles. The summed E-state index contributed by atoms with van der Waals surface area (Å²) in [6.07, 6.45) is 6.64. The average Bonchev–Trinajstić information content (AvgIpc) is 3.19. The number of aromatic nitrogens is 4. The van der Waals surface area contributed by atoms with Crippen molar-refractivity contribution in [3.05, 3.63) is 33.4 Å². The standard InChI is InChI=1S/C23H26Cl3N7O2/c24-13-8-16(25)19(17(26)9-13)31-23-30-18-10-28-22(29-14-2-1-7-35-11-14)32-21(18)33(23)15-5-3-12(4-6-15)20(27)34/h8-10,12,14-15H,1-7,11H2,(H2,27,34)(H,30,31)(H,28,29,32)/t12-,14-,15-/m1/s1. The van der Waals surface area contributed by atoms with Gasteiger partial charge >= 0.3 is 0 Å². The van der Waals surface area contributed by atoms with Gasteiger partial charge in [-0.25, -0.2) is 9.97 Å². The van der Waals surface area contributed by atoms with Gasteiger partial charge in [0.2, 0.25) is 17.8 Å². The summed E-state index contributed by atoms with van der Waals surface area (Å²) in [4.78, 5) is 25.8. The van der Waals surface area contributed by atoms with Crippen LogP contribution >= 0.6 is 34.8 Å². The van der Waals surface area contributed by atoms with Gasteiger partial charge in [-0.05, 0) is 50.7 Å². The molecule has 0 bridgehead atoms. The molecule has 0 radical (unpaired) electrons. The fourth-order valence-electron chi connectivity index (χ4n) is 4.82. The first-order valence-corrected chi connectivity index (χ1v) is 12.8. The maximum atomic E-state index is 11.7. The zero-order valence-electron chi connectivity index (χ0n) is 18.9. The minimum Gasteiger partial charge on any atom is -0.379 e. The number of primary amides is 1. The molecule has 5 rings (SSSR count). The lowest BCUT2D eigenvalue weighted by atomic mass is 9.85. The molecule has 1 aliphatic carbocycles. The van der Waals surface area contributed by atoms with Crippen molar-refractivity contribution >= 4 is 69.5 Å². The van der Waals surface area contributed by atoms with Gasteiger partial charge in [0.1, 0.15) is 5.52 Å². The van der Waals surface area contributed by atoms with E-state index in [0.717, 1.165) is 32.3 Å². The first-order valence-electron chi connectivity index (χ1n) is 11.7. The molecule has 186 valence electrons. The van der Waals surface area contributed by atoms with Crippen molar-refractivity contribution in [3.63, 3.8) is 0 Å². The summed E-state index contributed by atoms with van der Waals surface area (Å²) in [5, 5.41) is 7.87. The average molecular weight is 539 g/mol. The van der Waals surface area contributed by atoms with Crippen LogP contribution in [-0.4, -0.2) is 44.7 Å². The normalized spacial score (nSPS) is 22.8. The fraction of sp³-hybridized carbons (Fsp3) is 0.478. The number of benzene rings is 1. The van der Waals surface area contributed by atoms with Gasteiger partial charge in [-0.2, -0.15) is 4.98 Å². The molecule has 3 heterocycles. The summed E-state index contributed by atoms with van der Waals surface area (Å²) in [5.74, 6) is 0.700. The van der Waals surface area contributed by atoms with Crippen molar-refractivity contribution in [3.8, 4) is 0 Å². The van der Waals surface area contributed by atoms with Gasteiger partial charge < -0.3 is 21.1 Å². The number of fused-ring (bicyclic) bond motifs is 1. The van der Waals surface area contributed by atoms with Gasteiger partial charge in [0.05, 0.1) is 34.6 Å². The Kier molecular flexibility index (Phi) is 7.20. The van der Waals surface area contributed by atoms with Crippen LogP contribution in [0.1, 0.15) is 44.6 Å². The lowest BCUT2D eigenvalue weighted by molar-refractivity contribution is -0.122. The predicted octanol–water partition coefficient (Wildman–Crippen LogP) is 5.34. The second kappa shape index (κ2) is 10.3. The van der Waals surface area contributed by atoms with Gasteiger partial charge in [0, 0.05) is 23.6 Å². The number of nitrogens with two attached hydrogens (primary N) is 1. The van der Waals surface area contributed by atoms with Crippen LogP contribution < -0.4 is 16.4 Å². The molecule has 1 aliphatic heterocycles. The number of nitrogens with one attached hydrogen (secondary N) is 2. The molecular weight excluding hydrogens is 513 g/mol. The van der Waals surface area contributed by atoms with Crippen LogP contribution in [0.15, 0.2) is 18.3 Å². The molecule has 1 amide bonds. The maximum Gasteiger partial charge on any atom is 0.225 e. The molecule has 3 aromatic rings. The Morgan fingerprint density at radius 3 is 2.49 bits per heavy atom. The van der Waals surface area contributed by atoms with E-state index in [0.29, 0.717) is 63.3 Å². The van der Waals surface area contributed by atoms with Gasteiger partial charge in [-0.3, -0.25) is 9.36 Å². The largest absolute Gasteiger partial charge is 0.379 e. The number of carbonyl (C=O) groups excluding carboxylic acids is 1. The number of imidazole rings is 1. The van der Waals surface area contributed by atoms with E-state index in [4.69, 9.17) is 55.2 Å². The summed E-state index contributed by atoms with van der Waals surface area (Å²) in [5.41, 5.74) is 7.38. The topological polar surface area (TPSA) is 120 Å². The minimum atomic E-state index is -0.250. The Labute approximate surface area is 217 Å². The zero-order valence-corrected chi connectivity index (χ0v) is 21.2. The smallest absolute Gasteiger partial charge is 0.225 e. The zero-order chi connectivity index (χ0) is 24.5. The maximum absolute atomic E-state index is 11.7. The van der Waals surface area contributed by atoms with E-state index in [9.17, 15) is 4.79 Å². The van der Waals surface area contributed by atoms with E-state index < -0.39 is 0 Å². The molecule has 12 heteroatoms. The Morgan fingerprint density at radius 2 is 1.83 bits per heavy atom. The summed E-state index contributed by atoms with van der Waals surface area (Å²) in [6.45, 7) is 1.40. The first kappa shape index (κ1) is 24.4. The number of halogens is 3. The number of amides is 1. The van der Waals surface area contributed by atoms with E-state index >= 15 is 0 Å². The van der Waals surface area contributed by atoms with Crippen LogP contribution in [0.5, 0.6) is 0 Å². The van der Waals surface area contributed by atoms with Crippen molar-refractivity contribution in [2.24, 2.45) is 11.7 Å².